The molecule has 1 rings (SSSR count). The molecular formula is C8H7I2NO3. The van der Waals surface area contributed by atoms with E-state index in [1.165, 1.54) is 0 Å². The molecule has 0 bridgehead atoms. The molecule has 4 nitrogen and oxygen atoms in total. The fraction of sp³-hybridized carbons (Fsp3) is 0.250. The Kier molecular flexibility index (Phi) is 4.35. The third-order valence-electron chi connectivity index (χ3n) is 1.58. The molecule has 1 heterocycles. The van der Waals surface area contributed by atoms with Crippen molar-refractivity contribution in [3.63, 3.8) is 0 Å². The lowest BCUT2D eigenvalue weighted by Crippen LogP contribution is -2.15. The van der Waals surface area contributed by atoms with Crippen molar-refractivity contribution in [1.29, 1.82) is 0 Å². The predicted octanol–water partition coefficient (Wildman–Crippen LogP) is 1.53. The molecule has 0 aliphatic carbocycles. The van der Waals surface area contributed by atoms with Gasteiger partial charge in [-0.3, -0.25) is 9.59 Å². The summed E-state index contributed by atoms with van der Waals surface area (Å²) in [5, 5.41) is 8.49. The van der Waals surface area contributed by atoms with Crippen molar-refractivity contribution >= 4 is 51.2 Å². The minimum absolute atomic E-state index is 0.00206. The van der Waals surface area contributed by atoms with Crippen molar-refractivity contribution in [2.75, 3.05) is 0 Å². The minimum Gasteiger partial charge on any atom is -0.481 e. The molecule has 0 saturated carbocycles. The van der Waals surface area contributed by atoms with Crippen LogP contribution in [0, 0.1) is 7.14 Å². The van der Waals surface area contributed by atoms with Crippen LogP contribution in [-0.2, 0) is 11.3 Å². The molecule has 6 heteroatoms. The molecule has 1 N–H and O–H groups in total. The lowest BCUT2D eigenvalue weighted by molar-refractivity contribution is -0.137. The Hall–Kier alpha value is -0.120. The van der Waals surface area contributed by atoms with Crippen LogP contribution in [0.3, 0.4) is 0 Å². The number of aryl methyl sites for hydroxylation is 1. The van der Waals surface area contributed by atoms with E-state index < -0.39 is 5.97 Å². The number of aromatic nitrogens is 1. The normalized spacial score (nSPS) is 10.1. The Labute approximate surface area is 108 Å². The number of rotatable bonds is 3. The van der Waals surface area contributed by atoms with E-state index in [9.17, 15) is 9.59 Å². The van der Waals surface area contributed by atoms with Crippen LogP contribution < -0.4 is 5.43 Å². The maximum Gasteiger partial charge on any atom is 0.305 e. The third-order valence-corrected chi connectivity index (χ3v) is 3.11. The Balaban J connectivity index is 2.90. The molecule has 0 aliphatic rings. The van der Waals surface area contributed by atoms with Crippen LogP contribution in [0.25, 0.3) is 0 Å². The van der Waals surface area contributed by atoms with E-state index in [0.717, 1.165) is 0 Å². The van der Waals surface area contributed by atoms with Gasteiger partial charge in [-0.15, -0.1) is 0 Å². The first-order valence-corrected chi connectivity index (χ1v) is 5.93. The van der Waals surface area contributed by atoms with Gasteiger partial charge in [0.2, 0.25) is 5.43 Å². The molecule has 0 saturated heterocycles. The standard InChI is InChI=1S/C8H7I2NO3/c9-5-3-11(2-1-7(12)13)4-6(10)8(5)14/h3-4H,1-2H2,(H,12,13). The summed E-state index contributed by atoms with van der Waals surface area (Å²) in [4.78, 5) is 21.6. The number of hydrogen-bond acceptors (Lipinski definition) is 2. The smallest absolute Gasteiger partial charge is 0.305 e. The highest BCUT2D eigenvalue weighted by Crippen LogP contribution is 2.04. The Morgan fingerprint density at radius 3 is 2.29 bits per heavy atom. The SMILES string of the molecule is O=C(O)CCn1cc(I)c(=O)c(I)c1. The summed E-state index contributed by atoms with van der Waals surface area (Å²) in [6.45, 7) is 0.390. The van der Waals surface area contributed by atoms with Gasteiger partial charge in [0.15, 0.2) is 0 Å². The molecule has 0 radical (unpaired) electrons. The first kappa shape index (κ1) is 12.0. The van der Waals surface area contributed by atoms with Gasteiger partial charge in [-0.1, -0.05) is 0 Å². The van der Waals surface area contributed by atoms with E-state index in [1.807, 2.05) is 45.2 Å². The molecule has 1 aromatic heterocycles. The Bertz CT molecular complexity index is 387. The zero-order valence-corrected chi connectivity index (χ0v) is 11.4. The van der Waals surface area contributed by atoms with Crippen molar-refractivity contribution in [3.05, 3.63) is 29.8 Å². The van der Waals surface area contributed by atoms with Crippen molar-refractivity contribution in [3.8, 4) is 0 Å². The zero-order chi connectivity index (χ0) is 10.7. The number of pyridine rings is 1. The van der Waals surface area contributed by atoms with Crippen molar-refractivity contribution in [2.24, 2.45) is 0 Å². The van der Waals surface area contributed by atoms with E-state index in [1.54, 1.807) is 17.0 Å². The maximum absolute atomic E-state index is 11.3. The monoisotopic (exact) mass is 419 g/mol. The third kappa shape index (κ3) is 3.23. The van der Waals surface area contributed by atoms with Crippen LogP contribution in [0.1, 0.15) is 6.42 Å². The van der Waals surface area contributed by atoms with E-state index >= 15 is 0 Å². The molecule has 0 spiro atoms. The number of hydrogen-bond donors (Lipinski definition) is 1. The number of halogens is 2. The van der Waals surface area contributed by atoms with Gasteiger partial charge in [0.25, 0.3) is 0 Å². The molecule has 1 aromatic rings. The second-order valence-electron chi connectivity index (χ2n) is 2.66. The number of carbonyl (C=O) groups is 1. The summed E-state index contributed by atoms with van der Waals surface area (Å²) >= 11 is 3.89. The molecule has 14 heavy (non-hydrogen) atoms. The number of nitrogens with zero attached hydrogens (tertiary/aromatic N) is 1. The summed E-state index contributed by atoms with van der Waals surface area (Å²) in [7, 11) is 0. The highest BCUT2D eigenvalue weighted by Gasteiger charge is 2.03. The van der Waals surface area contributed by atoms with Crippen LogP contribution in [0.15, 0.2) is 17.2 Å². The second-order valence-corrected chi connectivity index (χ2v) is 4.99. The van der Waals surface area contributed by atoms with E-state index in [0.29, 0.717) is 13.7 Å². The maximum atomic E-state index is 11.3. The van der Waals surface area contributed by atoms with Gasteiger partial charge in [0.1, 0.15) is 0 Å². The predicted molar refractivity (Wildman–Crippen MR) is 68.4 cm³/mol. The van der Waals surface area contributed by atoms with Gasteiger partial charge in [-0.25, -0.2) is 0 Å². The van der Waals surface area contributed by atoms with Gasteiger partial charge in [-0.2, -0.15) is 0 Å². The lowest BCUT2D eigenvalue weighted by Gasteiger charge is -2.05. The van der Waals surface area contributed by atoms with Crippen molar-refractivity contribution < 1.29 is 9.90 Å². The van der Waals surface area contributed by atoms with Crippen LogP contribution in [0.4, 0.5) is 0 Å². The Morgan fingerprint density at radius 2 is 1.86 bits per heavy atom. The van der Waals surface area contributed by atoms with Gasteiger partial charge in [0, 0.05) is 18.9 Å². The highest BCUT2D eigenvalue weighted by atomic mass is 127. The van der Waals surface area contributed by atoms with E-state index in [-0.39, 0.29) is 11.8 Å². The summed E-state index contributed by atoms with van der Waals surface area (Å²) in [6.07, 6.45) is 3.39. The summed E-state index contributed by atoms with van der Waals surface area (Å²) in [5.41, 5.74) is -0.00206. The molecule has 76 valence electrons. The van der Waals surface area contributed by atoms with Gasteiger partial charge < -0.3 is 9.67 Å². The minimum atomic E-state index is -0.839. The second kappa shape index (κ2) is 5.10. The van der Waals surface area contributed by atoms with Gasteiger partial charge in [-0.05, 0) is 45.2 Å². The lowest BCUT2D eigenvalue weighted by atomic mass is 10.4. The molecule has 0 fully saturated rings. The largest absolute Gasteiger partial charge is 0.481 e. The van der Waals surface area contributed by atoms with Crippen LogP contribution in [0.2, 0.25) is 0 Å². The fourth-order valence-electron chi connectivity index (χ4n) is 0.914. The summed E-state index contributed by atoms with van der Waals surface area (Å²) in [6, 6.07) is 0. The molecule has 0 amide bonds. The van der Waals surface area contributed by atoms with Crippen molar-refractivity contribution in [1.82, 2.24) is 4.57 Å². The quantitative estimate of drug-likeness (QED) is 0.757. The Morgan fingerprint density at radius 1 is 1.36 bits per heavy atom. The molecular weight excluding hydrogens is 412 g/mol. The zero-order valence-electron chi connectivity index (χ0n) is 7.04. The first-order valence-electron chi connectivity index (χ1n) is 3.77. The van der Waals surface area contributed by atoms with Crippen LogP contribution in [0.5, 0.6) is 0 Å². The number of aliphatic carboxylic acids is 1. The summed E-state index contributed by atoms with van der Waals surface area (Å²) in [5.74, 6) is -0.839. The van der Waals surface area contributed by atoms with Crippen molar-refractivity contribution in [2.45, 2.75) is 13.0 Å². The van der Waals surface area contributed by atoms with E-state index in [2.05, 4.69) is 0 Å². The van der Waals surface area contributed by atoms with Gasteiger partial charge >= 0.3 is 5.97 Å². The molecule has 0 aliphatic heterocycles. The topological polar surface area (TPSA) is 59.3 Å². The number of carboxylic acid groups (broad SMARTS) is 1. The molecule has 0 unspecified atom stereocenters. The fourth-order valence-corrected chi connectivity index (χ4v) is 2.73. The molecule has 0 aromatic carbocycles. The first-order chi connectivity index (χ1) is 6.50. The van der Waals surface area contributed by atoms with Gasteiger partial charge in [0.05, 0.1) is 13.6 Å². The average molecular weight is 419 g/mol. The summed E-state index contributed by atoms with van der Waals surface area (Å²) < 4.78 is 2.94. The number of carboxylic acids is 1. The molecule has 0 atom stereocenters. The van der Waals surface area contributed by atoms with Crippen LogP contribution in [-0.4, -0.2) is 15.6 Å². The highest BCUT2D eigenvalue weighted by molar-refractivity contribution is 14.1. The average Bonchev–Trinajstić information content (AvgIpc) is 2.10. The van der Waals surface area contributed by atoms with Crippen LogP contribution >= 0.6 is 45.2 Å². The van der Waals surface area contributed by atoms with E-state index in [4.69, 9.17) is 5.11 Å².